The van der Waals surface area contributed by atoms with Gasteiger partial charge in [0.15, 0.2) is 5.13 Å². The van der Waals surface area contributed by atoms with Crippen LogP contribution < -0.4 is 4.90 Å². The zero-order chi connectivity index (χ0) is 16.4. The Morgan fingerprint density at radius 2 is 1.78 bits per heavy atom. The minimum absolute atomic E-state index is 0.00592. The summed E-state index contributed by atoms with van der Waals surface area (Å²) in [6.07, 6.45) is 1.28. The van der Waals surface area contributed by atoms with E-state index in [4.69, 9.17) is 0 Å². The Hall–Kier alpha value is -1.31. The number of carbonyl (C=O) groups is 1. The second-order valence-corrected chi connectivity index (χ2v) is 7.16. The van der Waals surface area contributed by atoms with E-state index >= 15 is 0 Å². The molecule has 1 amide bonds. The molecular weight excluding hydrogens is 327 g/mol. The maximum Gasteiger partial charge on any atom is 0.427 e. The number of hydrogen-bond donors (Lipinski definition) is 0. The van der Waals surface area contributed by atoms with E-state index in [0.29, 0.717) is 42.4 Å². The number of thiazole rings is 1. The van der Waals surface area contributed by atoms with Crippen molar-refractivity contribution in [2.24, 2.45) is 5.92 Å². The molecule has 2 fully saturated rings. The van der Waals surface area contributed by atoms with Crippen LogP contribution >= 0.6 is 11.3 Å². The standard InChI is InChI=1S/C15H20F3N3OS/c16-15(17,18)12-10-19-14(23-12)21-8-4-11(5-9-21)13(22)20-6-2-1-3-7-20/h10-11H,1-9H2. The van der Waals surface area contributed by atoms with Gasteiger partial charge < -0.3 is 9.80 Å². The van der Waals surface area contributed by atoms with Crippen LogP contribution in [0.25, 0.3) is 0 Å². The maximum atomic E-state index is 12.6. The highest BCUT2D eigenvalue weighted by molar-refractivity contribution is 7.15. The van der Waals surface area contributed by atoms with Gasteiger partial charge in [-0.05, 0) is 32.1 Å². The van der Waals surface area contributed by atoms with Crippen molar-refractivity contribution < 1.29 is 18.0 Å². The van der Waals surface area contributed by atoms with Crippen LogP contribution in [0.4, 0.5) is 18.3 Å². The maximum absolute atomic E-state index is 12.6. The van der Waals surface area contributed by atoms with Crippen molar-refractivity contribution in [3.63, 3.8) is 0 Å². The van der Waals surface area contributed by atoms with Crippen molar-refractivity contribution in [1.29, 1.82) is 0 Å². The molecular formula is C15H20F3N3OS. The van der Waals surface area contributed by atoms with Gasteiger partial charge in [-0.1, -0.05) is 11.3 Å². The smallest absolute Gasteiger partial charge is 0.348 e. The van der Waals surface area contributed by atoms with E-state index in [1.165, 1.54) is 6.42 Å². The molecule has 2 aliphatic heterocycles. The van der Waals surface area contributed by atoms with E-state index in [9.17, 15) is 18.0 Å². The molecule has 0 saturated carbocycles. The van der Waals surface area contributed by atoms with Crippen LogP contribution in [0.1, 0.15) is 37.0 Å². The summed E-state index contributed by atoms with van der Waals surface area (Å²) in [5.41, 5.74) is 0. The lowest BCUT2D eigenvalue weighted by Crippen LogP contribution is -2.44. The van der Waals surface area contributed by atoms with Crippen LogP contribution in [0.15, 0.2) is 6.20 Å². The second-order valence-electron chi connectivity index (χ2n) is 6.15. The lowest BCUT2D eigenvalue weighted by Gasteiger charge is -2.35. The highest BCUT2D eigenvalue weighted by atomic mass is 32.1. The van der Waals surface area contributed by atoms with Gasteiger partial charge in [0, 0.05) is 32.1 Å². The highest BCUT2D eigenvalue weighted by Crippen LogP contribution is 2.37. The zero-order valence-corrected chi connectivity index (χ0v) is 13.6. The fraction of sp³-hybridized carbons (Fsp3) is 0.733. The van der Waals surface area contributed by atoms with Crippen molar-refractivity contribution in [3.8, 4) is 0 Å². The number of halogens is 3. The molecule has 2 saturated heterocycles. The number of hydrogen-bond acceptors (Lipinski definition) is 4. The Balaban J connectivity index is 1.55. The van der Waals surface area contributed by atoms with Crippen molar-refractivity contribution in [2.75, 3.05) is 31.1 Å². The molecule has 0 spiro atoms. The van der Waals surface area contributed by atoms with Gasteiger partial charge in [0.2, 0.25) is 5.91 Å². The molecule has 0 aliphatic carbocycles. The van der Waals surface area contributed by atoms with E-state index < -0.39 is 11.1 Å². The summed E-state index contributed by atoms with van der Waals surface area (Å²) in [6.45, 7) is 2.88. The molecule has 0 N–H and O–H groups in total. The first-order valence-corrected chi connectivity index (χ1v) is 8.83. The van der Waals surface area contributed by atoms with Crippen LogP contribution in [0, 0.1) is 5.92 Å². The number of rotatable bonds is 2. The predicted octanol–water partition coefficient (Wildman–Crippen LogP) is 3.39. The van der Waals surface area contributed by atoms with Crippen molar-refractivity contribution in [3.05, 3.63) is 11.1 Å². The van der Waals surface area contributed by atoms with E-state index in [0.717, 1.165) is 32.1 Å². The average Bonchev–Trinajstić information content (AvgIpc) is 3.05. The molecule has 3 heterocycles. The Kier molecular flexibility index (Phi) is 4.79. The normalized spacial score (nSPS) is 20.8. The van der Waals surface area contributed by atoms with Crippen molar-refractivity contribution >= 4 is 22.4 Å². The number of anilines is 1. The SMILES string of the molecule is O=C(C1CCN(c2ncc(C(F)(F)F)s2)CC1)N1CCCCC1. The molecule has 128 valence electrons. The predicted molar refractivity (Wildman–Crippen MR) is 82.5 cm³/mol. The van der Waals surface area contributed by atoms with Gasteiger partial charge in [-0.2, -0.15) is 13.2 Å². The van der Waals surface area contributed by atoms with E-state index in [2.05, 4.69) is 4.98 Å². The number of carbonyl (C=O) groups excluding carboxylic acids is 1. The molecule has 0 unspecified atom stereocenters. The fourth-order valence-electron chi connectivity index (χ4n) is 3.23. The summed E-state index contributed by atoms with van der Waals surface area (Å²) in [7, 11) is 0. The zero-order valence-electron chi connectivity index (χ0n) is 12.8. The Bertz CT molecular complexity index is 546. The van der Waals surface area contributed by atoms with Crippen LogP contribution in [-0.2, 0) is 11.0 Å². The monoisotopic (exact) mass is 347 g/mol. The summed E-state index contributed by atoms with van der Waals surface area (Å²) < 4.78 is 37.9. The fourth-order valence-corrected chi connectivity index (χ4v) is 4.07. The second kappa shape index (κ2) is 6.67. The molecule has 0 aromatic carbocycles. The molecule has 0 radical (unpaired) electrons. The van der Waals surface area contributed by atoms with Crippen molar-refractivity contribution in [1.82, 2.24) is 9.88 Å². The molecule has 0 atom stereocenters. The van der Waals surface area contributed by atoms with E-state index in [-0.39, 0.29) is 11.8 Å². The van der Waals surface area contributed by atoms with Gasteiger partial charge in [0.25, 0.3) is 0 Å². The average molecular weight is 347 g/mol. The number of amides is 1. The highest BCUT2D eigenvalue weighted by Gasteiger charge is 2.35. The molecule has 3 rings (SSSR count). The van der Waals surface area contributed by atoms with Gasteiger partial charge in [-0.25, -0.2) is 4.98 Å². The Morgan fingerprint density at radius 3 is 2.35 bits per heavy atom. The molecule has 1 aromatic rings. The topological polar surface area (TPSA) is 36.4 Å². The summed E-state index contributed by atoms with van der Waals surface area (Å²) in [4.78, 5) is 19.5. The number of aromatic nitrogens is 1. The van der Waals surface area contributed by atoms with E-state index in [1.807, 2.05) is 9.80 Å². The van der Waals surface area contributed by atoms with Gasteiger partial charge >= 0.3 is 6.18 Å². The first-order valence-electron chi connectivity index (χ1n) is 8.02. The number of nitrogens with zero attached hydrogens (tertiary/aromatic N) is 3. The van der Waals surface area contributed by atoms with Crippen LogP contribution in [-0.4, -0.2) is 42.0 Å². The van der Waals surface area contributed by atoms with Crippen LogP contribution in [0.2, 0.25) is 0 Å². The Labute approximate surface area is 137 Å². The molecule has 2 aliphatic rings. The van der Waals surface area contributed by atoms with Gasteiger partial charge in [-0.3, -0.25) is 4.79 Å². The van der Waals surface area contributed by atoms with Gasteiger partial charge in [-0.15, -0.1) is 0 Å². The summed E-state index contributed by atoms with van der Waals surface area (Å²) in [5, 5.41) is 0.404. The third kappa shape index (κ3) is 3.79. The summed E-state index contributed by atoms with van der Waals surface area (Å²) in [5.74, 6) is 0.228. The molecule has 23 heavy (non-hydrogen) atoms. The number of likely N-dealkylation sites (tertiary alicyclic amines) is 1. The molecule has 0 bridgehead atoms. The number of piperidine rings is 2. The van der Waals surface area contributed by atoms with Crippen LogP contribution in [0.3, 0.4) is 0 Å². The Morgan fingerprint density at radius 1 is 1.13 bits per heavy atom. The third-order valence-corrected chi connectivity index (χ3v) is 5.66. The molecule has 1 aromatic heterocycles. The van der Waals surface area contributed by atoms with Crippen LogP contribution in [0.5, 0.6) is 0 Å². The summed E-state index contributed by atoms with van der Waals surface area (Å²) in [6, 6.07) is 0. The van der Waals surface area contributed by atoms with Gasteiger partial charge in [0.05, 0.1) is 6.20 Å². The molecule has 8 heteroatoms. The van der Waals surface area contributed by atoms with Gasteiger partial charge in [0.1, 0.15) is 4.88 Å². The minimum atomic E-state index is -4.33. The van der Waals surface area contributed by atoms with Crippen molar-refractivity contribution in [2.45, 2.75) is 38.3 Å². The lowest BCUT2D eigenvalue weighted by atomic mass is 9.94. The first kappa shape index (κ1) is 16.5. The lowest BCUT2D eigenvalue weighted by molar-refractivity contribution is -0.137. The number of alkyl halides is 3. The third-order valence-electron chi connectivity index (χ3n) is 4.56. The minimum Gasteiger partial charge on any atom is -0.348 e. The largest absolute Gasteiger partial charge is 0.427 e. The molecule has 4 nitrogen and oxygen atoms in total. The quantitative estimate of drug-likeness (QED) is 0.823. The first-order chi connectivity index (χ1) is 10.9. The summed E-state index contributed by atoms with van der Waals surface area (Å²) >= 11 is 0.679. The van der Waals surface area contributed by atoms with E-state index in [1.54, 1.807) is 0 Å².